The van der Waals surface area contributed by atoms with E-state index in [0.717, 1.165) is 10.6 Å². The number of amides is 3. The fraction of sp³-hybridized carbons (Fsp3) is 0.250. The number of hydrogen-bond acceptors (Lipinski definition) is 4. The first kappa shape index (κ1) is 21.7. The number of thioether (sulfide) groups is 1. The summed E-state index contributed by atoms with van der Waals surface area (Å²) in [5, 5.41) is 4.43. The van der Waals surface area contributed by atoms with Crippen molar-refractivity contribution in [3.63, 3.8) is 0 Å². The van der Waals surface area contributed by atoms with E-state index < -0.39 is 18.6 Å². The van der Waals surface area contributed by atoms with E-state index in [2.05, 4.69) is 5.32 Å². The molecule has 0 aromatic heterocycles. The third-order valence-corrected chi connectivity index (χ3v) is 5.30. The van der Waals surface area contributed by atoms with Gasteiger partial charge in [0.05, 0.1) is 11.4 Å². The molecule has 0 saturated heterocycles. The highest BCUT2D eigenvalue weighted by Crippen LogP contribution is 2.34. The van der Waals surface area contributed by atoms with Crippen LogP contribution in [0.2, 0.25) is 0 Å². The molecule has 158 valence electrons. The van der Waals surface area contributed by atoms with E-state index in [-0.39, 0.29) is 30.3 Å². The zero-order chi connectivity index (χ0) is 21.7. The minimum absolute atomic E-state index is 0.0465. The third kappa shape index (κ3) is 5.76. The van der Waals surface area contributed by atoms with Crippen molar-refractivity contribution >= 4 is 40.9 Å². The Hall–Kier alpha value is -3.01. The van der Waals surface area contributed by atoms with Crippen molar-refractivity contribution in [2.45, 2.75) is 17.5 Å². The standard InChI is InChI=1S/C20H18F3N3O3S/c21-20(22,23)12-24-19(29)13-5-7-14(8-6-13)25-17(27)9-10-26-15-3-1-2-4-16(15)30-11-18(26)28/h1-8H,9-12H2,(H,24,29)(H,25,27). The second-order valence-electron chi connectivity index (χ2n) is 6.48. The Balaban J connectivity index is 1.53. The van der Waals surface area contributed by atoms with Gasteiger partial charge in [-0.1, -0.05) is 12.1 Å². The third-order valence-electron chi connectivity index (χ3n) is 4.25. The number of hydrogen-bond donors (Lipinski definition) is 2. The van der Waals surface area contributed by atoms with Crippen LogP contribution in [-0.2, 0) is 9.59 Å². The SMILES string of the molecule is O=C(CCN1C(=O)CSc2ccccc21)Nc1ccc(C(=O)NCC(F)(F)F)cc1. The molecule has 6 nitrogen and oxygen atoms in total. The molecule has 2 N–H and O–H groups in total. The van der Waals surface area contributed by atoms with E-state index in [0.29, 0.717) is 11.4 Å². The molecule has 0 bridgehead atoms. The van der Waals surface area contributed by atoms with Crippen LogP contribution in [-0.4, -0.2) is 42.7 Å². The fourth-order valence-electron chi connectivity index (χ4n) is 2.82. The molecule has 0 radical (unpaired) electrons. The van der Waals surface area contributed by atoms with Crippen LogP contribution in [0.5, 0.6) is 0 Å². The first-order valence-corrected chi connectivity index (χ1v) is 9.98. The van der Waals surface area contributed by atoms with Crippen LogP contribution in [0.4, 0.5) is 24.5 Å². The molecule has 2 aromatic carbocycles. The van der Waals surface area contributed by atoms with Gasteiger partial charge in [0.2, 0.25) is 11.8 Å². The number of alkyl halides is 3. The van der Waals surface area contributed by atoms with Crippen molar-refractivity contribution < 1.29 is 27.6 Å². The lowest BCUT2D eigenvalue weighted by atomic mass is 10.2. The summed E-state index contributed by atoms with van der Waals surface area (Å²) in [5.41, 5.74) is 1.22. The van der Waals surface area contributed by atoms with E-state index in [9.17, 15) is 27.6 Å². The Kier molecular flexibility index (Phi) is 6.66. The lowest BCUT2D eigenvalue weighted by Gasteiger charge is -2.28. The summed E-state index contributed by atoms with van der Waals surface area (Å²) >= 11 is 1.46. The smallest absolute Gasteiger partial charge is 0.343 e. The van der Waals surface area contributed by atoms with Gasteiger partial charge in [-0.3, -0.25) is 14.4 Å². The number of nitrogens with zero attached hydrogens (tertiary/aromatic N) is 1. The average Bonchev–Trinajstić information content (AvgIpc) is 2.71. The number of halogens is 3. The first-order chi connectivity index (χ1) is 14.2. The van der Waals surface area contributed by atoms with Crippen LogP contribution in [0.3, 0.4) is 0 Å². The minimum Gasteiger partial charge on any atom is -0.343 e. The highest BCUT2D eigenvalue weighted by atomic mass is 32.2. The number of fused-ring (bicyclic) bond motifs is 1. The normalized spacial score (nSPS) is 13.6. The molecule has 0 unspecified atom stereocenters. The molecule has 0 spiro atoms. The van der Waals surface area contributed by atoms with E-state index in [1.807, 2.05) is 24.3 Å². The molecular weight excluding hydrogens is 419 g/mol. The Labute approximate surface area is 174 Å². The summed E-state index contributed by atoms with van der Waals surface area (Å²) in [4.78, 5) is 38.7. The molecular formula is C20H18F3N3O3S. The number of anilines is 2. The van der Waals surface area contributed by atoms with Gasteiger partial charge in [0, 0.05) is 29.1 Å². The maximum Gasteiger partial charge on any atom is 0.405 e. The van der Waals surface area contributed by atoms with E-state index in [1.54, 1.807) is 10.2 Å². The second kappa shape index (κ2) is 9.21. The van der Waals surface area contributed by atoms with Crippen molar-refractivity contribution in [1.82, 2.24) is 5.32 Å². The summed E-state index contributed by atoms with van der Waals surface area (Å²) < 4.78 is 36.5. The van der Waals surface area contributed by atoms with Crippen LogP contribution in [0.25, 0.3) is 0 Å². The summed E-state index contributed by atoms with van der Waals surface area (Å²) in [7, 11) is 0. The minimum atomic E-state index is -4.49. The number of rotatable bonds is 6. The molecule has 10 heteroatoms. The van der Waals surface area contributed by atoms with Crippen LogP contribution in [0, 0.1) is 0 Å². The summed E-state index contributed by atoms with van der Waals surface area (Å²) in [5.74, 6) is -0.935. The number of nitrogens with one attached hydrogen (secondary N) is 2. The topological polar surface area (TPSA) is 78.5 Å². The molecule has 1 aliphatic rings. The Morgan fingerprint density at radius 1 is 1.07 bits per heavy atom. The summed E-state index contributed by atoms with van der Waals surface area (Å²) in [6.45, 7) is -1.19. The van der Waals surface area contributed by atoms with Crippen LogP contribution < -0.4 is 15.5 Å². The second-order valence-corrected chi connectivity index (χ2v) is 7.49. The Morgan fingerprint density at radius 3 is 2.47 bits per heavy atom. The Bertz CT molecular complexity index is 948. The van der Waals surface area contributed by atoms with Gasteiger partial charge < -0.3 is 15.5 Å². The van der Waals surface area contributed by atoms with E-state index in [4.69, 9.17) is 0 Å². The first-order valence-electron chi connectivity index (χ1n) is 9.00. The van der Waals surface area contributed by atoms with Crippen molar-refractivity contribution in [2.24, 2.45) is 0 Å². The predicted octanol–water partition coefficient (Wildman–Crippen LogP) is 3.45. The molecule has 0 atom stereocenters. The van der Waals surface area contributed by atoms with Gasteiger partial charge in [0.25, 0.3) is 5.91 Å². The van der Waals surface area contributed by atoms with Crippen LogP contribution >= 0.6 is 11.8 Å². The molecule has 2 aromatic rings. The summed E-state index contributed by atoms with van der Waals surface area (Å²) in [6.07, 6.45) is -4.42. The van der Waals surface area contributed by atoms with Gasteiger partial charge in [0.1, 0.15) is 6.54 Å². The highest BCUT2D eigenvalue weighted by molar-refractivity contribution is 8.00. The molecule has 3 amide bonds. The highest BCUT2D eigenvalue weighted by Gasteiger charge is 2.28. The van der Waals surface area contributed by atoms with E-state index >= 15 is 0 Å². The number of carbonyl (C=O) groups excluding carboxylic acids is 3. The molecule has 0 saturated carbocycles. The fourth-order valence-corrected chi connectivity index (χ4v) is 3.76. The van der Waals surface area contributed by atoms with Gasteiger partial charge >= 0.3 is 6.18 Å². The number of benzene rings is 2. The lowest BCUT2D eigenvalue weighted by molar-refractivity contribution is -0.123. The van der Waals surface area contributed by atoms with Crippen molar-refractivity contribution in [3.8, 4) is 0 Å². The van der Waals surface area contributed by atoms with Gasteiger partial charge in [-0.05, 0) is 36.4 Å². The van der Waals surface area contributed by atoms with Gasteiger partial charge in [0.15, 0.2) is 0 Å². The molecule has 0 fully saturated rings. The van der Waals surface area contributed by atoms with Gasteiger partial charge in [-0.25, -0.2) is 0 Å². The van der Waals surface area contributed by atoms with Crippen molar-refractivity contribution in [3.05, 3.63) is 54.1 Å². The zero-order valence-electron chi connectivity index (χ0n) is 15.7. The number of carbonyl (C=O) groups is 3. The van der Waals surface area contributed by atoms with Gasteiger partial charge in [-0.2, -0.15) is 13.2 Å². The molecule has 30 heavy (non-hydrogen) atoms. The van der Waals surface area contributed by atoms with Crippen molar-refractivity contribution in [1.29, 1.82) is 0 Å². The molecule has 1 heterocycles. The van der Waals surface area contributed by atoms with Crippen LogP contribution in [0.1, 0.15) is 16.8 Å². The summed E-state index contributed by atoms with van der Waals surface area (Å²) in [6, 6.07) is 13.0. The average molecular weight is 437 g/mol. The number of para-hydroxylation sites is 1. The largest absolute Gasteiger partial charge is 0.405 e. The molecule has 1 aliphatic heterocycles. The van der Waals surface area contributed by atoms with Gasteiger partial charge in [-0.15, -0.1) is 11.8 Å². The quantitative estimate of drug-likeness (QED) is 0.726. The maximum absolute atomic E-state index is 12.2. The maximum atomic E-state index is 12.2. The Morgan fingerprint density at radius 2 is 1.77 bits per heavy atom. The van der Waals surface area contributed by atoms with E-state index in [1.165, 1.54) is 36.0 Å². The lowest BCUT2D eigenvalue weighted by Crippen LogP contribution is -2.37. The zero-order valence-corrected chi connectivity index (χ0v) is 16.5. The monoisotopic (exact) mass is 437 g/mol. The molecule has 3 rings (SSSR count). The predicted molar refractivity (Wildman–Crippen MR) is 108 cm³/mol. The molecule has 0 aliphatic carbocycles. The van der Waals surface area contributed by atoms with Crippen molar-refractivity contribution in [2.75, 3.05) is 29.1 Å². The van der Waals surface area contributed by atoms with Crippen LogP contribution in [0.15, 0.2) is 53.4 Å².